The van der Waals surface area contributed by atoms with Crippen molar-refractivity contribution in [1.29, 1.82) is 0 Å². The summed E-state index contributed by atoms with van der Waals surface area (Å²) in [6, 6.07) is 9.30. The molecule has 0 saturated carbocycles. The van der Waals surface area contributed by atoms with Crippen molar-refractivity contribution in [3.63, 3.8) is 0 Å². The summed E-state index contributed by atoms with van der Waals surface area (Å²) in [4.78, 5) is 8.12. The van der Waals surface area contributed by atoms with E-state index in [-0.39, 0.29) is 12.2 Å². The number of rotatable bonds is 7. The largest absolute Gasteiger partial charge is 0.470 e. The molecule has 0 bridgehead atoms. The molecule has 0 aliphatic heterocycles. The van der Waals surface area contributed by atoms with Crippen LogP contribution in [0.25, 0.3) is 11.5 Å². The third-order valence-electron chi connectivity index (χ3n) is 4.46. The van der Waals surface area contributed by atoms with E-state index in [0.717, 1.165) is 0 Å². The van der Waals surface area contributed by atoms with Crippen molar-refractivity contribution in [1.82, 2.24) is 34.7 Å². The predicted octanol–water partition coefficient (Wildman–Crippen LogP) is 3.12. The second-order valence-electron chi connectivity index (χ2n) is 6.54. The van der Waals surface area contributed by atoms with Gasteiger partial charge in [-0.05, 0) is 25.1 Å². The van der Waals surface area contributed by atoms with Crippen LogP contribution in [0.5, 0.6) is 5.88 Å². The van der Waals surface area contributed by atoms with Gasteiger partial charge in [-0.15, -0.1) is 15.3 Å². The molecule has 0 saturated heterocycles. The van der Waals surface area contributed by atoms with E-state index in [1.165, 1.54) is 12.1 Å². The molecule has 4 aromatic rings. The van der Waals surface area contributed by atoms with Crippen LogP contribution in [0.15, 0.2) is 53.9 Å². The quantitative estimate of drug-likeness (QED) is 0.423. The van der Waals surface area contributed by atoms with Crippen LogP contribution >= 0.6 is 0 Å². The number of hydrogen-bond acceptors (Lipinski definition) is 7. The molecule has 0 fully saturated rings. The lowest BCUT2D eigenvalue weighted by Crippen LogP contribution is -2.08. The van der Waals surface area contributed by atoms with Crippen LogP contribution in [-0.2, 0) is 6.61 Å². The zero-order valence-electron chi connectivity index (χ0n) is 16.7. The van der Waals surface area contributed by atoms with Gasteiger partial charge in [0.2, 0.25) is 5.88 Å². The molecule has 0 unspecified atom stereocenters. The predicted molar refractivity (Wildman–Crippen MR) is 108 cm³/mol. The van der Waals surface area contributed by atoms with Crippen molar-refractivity contribution < 1.29 is 13.5 Å². The number of aromatic nitrogens is 7. The van der Waals surface area contributed by atoms with Gasteiger partial charge in [-0.25, -0.2) is 18.4 Å². The standard InChI is InChI=1S/C20H18F2N8O/c1-13-17(30(28-25-13)16-5-3-14(4-6-16)20(21)22)11-31-19-8-7-18(26-27-19)29-10-15(9-23-2)24-12-29/h3-10,12,20H,11H2,1-2H3. The zero-order chi connectivity index (χ0) is 21.8. The van der Waals surface area contributed by atoms with Crippen LogP contribution in [0.2, 0.25) is 0 Å². The normalized spacial score (nSPS) is 11.5. The van der Waals surface area contributed by atoms with Gasteiger partial charge in [0.1, 0.15) is 18.6 Å². The maximum absolute atomic E-state index is 12.8. The lowest BCUT2D eigenvalue weighted by atomic mass is 10.2. The molecule has 1 aromatic carbocycles. The highest BCUT2D eigenvalue weighted by molar-refractivity contribution is 5.76. The van der Waals surface area contributed by atoms with E-state index in [2.05, 4.69) is 30.5 Å². The fourth-order valence-electron chi connectivity index (χ4n) is 2.84. The number of ether oxygens (including phenoxy) is 1. The summed E-state index contributed by atoms with van der Waals surface area (Å²) >= 11 is 0. The summed E-state index contributed by atoms with van der Waals surface area (Å²) in [6.45, 7) is 1.92. The van der Waals surface area contributed by atoms with Crippen LogP contribution < -0.4 is 4.74 Å². The monoisotopic (exact) mass is 424 g/mol. The van der Waals surface area contributed by atoms with Gasteiger partial charge in [0, 0.05) is 31.1 Å². The lowest BCUT2D eigenvalue weighted by molar-refractivity contribution is 0.151. The second-order valence-corrected chi connectivity index (χ2v) is 6.54. The first kappa shape index (κ1) is 20.3. The van der Waals surface area contributed by atoms with Gasteiger partial charge < -0.3 is 4.74 Å². The number of alkyl halides is 2. The van der Waals surface area contributed by atoms with Crippen LogP contribution in [0.1, 0.15) is 29.1 Å². The molecular formula is C20H18F2N8O. The van der Waals surface area contributed by atoms with Gasteiger partial charge in [0.05, 0.1) is 17.1 Å². The molecule has 3 heterocycles. The molecule has 0 radical (unpaired) electrons. The van der Waals surface area contributed by atoms with Crippen molar-refractivity contribution in [2.75, 3.05) is 7.05 Å². The molecular weight excluding hydrogens is 406 g/mol. The van der Waals surface area contributed by atoms with E-state index in [1.54, 1.807) is 66.2 Å². The first-order valence-corrected chi connectivity index (χ1v) is 9.28. The van der Waals surface area contributed by atoms with E-state index in [9.17, 15) is 8.78 Å². The highest BCUT2D eigenvalue weighted by Crippen LogP contribution is 2.21. The minimum absolute atomic E-state index is 0.0549. The molecule has 158 valence electrons. The van der Waals surface area contributed by atoms with Gasteiger partial charge in [0.15, 0.2) is 5.82 Å². The van der Waals surface area contributed by atoms with E-state index < -0.39 is 6.43 Å². The number of halogens is 2. The van der Waals surface area contributed by atoms with Gasteiger partial charge in [-0.3, -0.25) is 9.56 Å². The third kappa shape index (κ3) is 4.44. The summed E-state index contributed by atoms with van der Waals surface area (Å²) in [7, 11) is 1.67. The highest BCUT2D eigenvalue weighted by Gasteiger charge is 2.14. The molecule has 3 aromatic heterocycles. The Balaban J connectivity index is 1.47. The summed E-state index contributed by atoms with van der Waals surface area (Å²) in [5.74, 6) is 0.900. The van der Waals surface area contributed by atoms with Crippen molar-refractivity contribution in [2.24, 2.45) is 4.99 Å². The Labute approximate surface area is 176 Å². The number of nitrogens with zero attached hydrogens (tertiary/aromatic N) is 8. The number of aryl methyl sites for hydroxylation is 1. The number of imidazole rings is 1. The first-order chi connectivity index (χ1) is 15.0. The molecule has 0 spiro atoms. The Hall–Kier alpha value is -4.02. The Bertz CT molecular complexity index is 1180. The smallest absolute Gasteiger partial charge is 0.263 e. The average Bonchev–Trinajstić information content (AvgIpc) is 3.40. The van der Waals surface area contributed by atoms with E-state index >= 15 is 0 Å². The molecule has 0 aliphatic rings. The third-order valence-corrected chi connectivity index (χ3v) is 4.46. The fourth-order valence-corrected chi connectivity index (χ4v) is 2.84. The van der Waals surface area contributed by atoms with Crippen LogP contribution in [0.3, 0.4) is 0 Å². The van der Waals surface area contributed by atoms with Crippen molar-refractivity contribution >= 4 is 6.21 Å². The molecule has 31 heavy (non-hydrogen) atoms. The molecule has 11 heteroatoms. The SMILES string of the molecule is CN=Cc1cn(-c2ccc(OCc3c(C)nnn3-c3ccc(C(F)F)cc3)nn2)cn1. The van der Waals surface area contributed by atoms with Crippen molar-refractivity contribution in [3.05, 3.63) is 71.6 Å². The summed E-state index contributed by atoms with van der Waals surface area (Å²) in [5, 5.41) is 16.4. The summed E-state index contributed by atoms with van der Waals surface area (Å²) < 4.78 is 34.6. The van der Waals surface area contributed by atoms with Gasteiger partial charge in [0.25, 0.3) is 6.43 Å². The Kier molecular flexibility index (Phi) is 5.74. The zero-order valence-corrected chi connectivity index (χ0v) is 16.7. The van der Waals surface area contributed by atoms with Crippen molar-refractivity contribution in [2.45, 2.75) is 20.0 Å². The molecule has 0 aliphatic carbocycles. The molecule has 0 atom stereocenters. The number of hydrogen-bond donors (Lipinski definition) is 0. The van der Waals surface area contributed by atoms with Crippen LogP contribution in [0, 0.1) is 6.92 Å². The fraction of sp³-hybridized carbons (Fsp3) is 0.200. The highest BCUT2D eigenvalue weighted by atomic mass is 19.3. The maximum atomic E-state index is 12.8. The molecule has 9 nitrogen and oxygen atoms in total. The van der Waals surface area contributed by atoms with Crippen LogP contribution in [0.4, 0.5) is 8.78 Å². The van der Waals surface area contributed by atoms with E-state index in [0.29, 0.717) is 34.5 Å². The van der Waals surface area contributed by atoms with Gasteiger partial charge in [-0.1, -0.05) is 17.3 Å². The maximum Gasteiger partial charge on any atom is 0.263 e. The van der Waals surface area contributed by atoms with E-state index in [4.69, 9.17) is 4.74 Å². The molecule has 0 amide bonds. The molecule has 0 N–H and O–H groups in total. The lowest BCUT2D eigenvalue weighted by Gasteiger charge is -2.09. The minimum atomic E-state index is -2.52. The molecule has 4 rings (SSSR count). The Morgan fingerprint density at radius 3 is 2.58 bits per heavy atom. The van der Waals surface area contributed by atoms with Gasteiger partial charge >= 0.3 is 0 Å². The topological polar surface area (TPSA) is 95.9 Å². The Morgan fingerprint density at radius 2 is 1.90 bits per heavy atom. The van der Waals surface area contributed by atoms with Crippen LogP contribution in [-0.4, -0.2) is 48.0 Å². The van der Waals surface area contributed by atoms with E-state index in [1.807, 2.05) is 0 Å². The van der Waals surface area contributed by atoms with Gasteiger partial charge in [-0.2, -0.15) is 0 Å². The average molecular weight is 424 g/mol. The number of aliphatic imine (C=N–C) groups is 1. The first-order valence-electron chi connectivity index (χ1n) is 9.28. The summed E-state index contributed by atoms with van der Waals surface area (Å²) in [5.41, 5.74) is 2.60. The number of benzene rings is 1. The van der Waals surface area contributed by atoms with Crippen molar-refractivity contribution in [3.8, 4) is 17.4 Å². The Morgan fingerprint density at radius 1 is 1.10 bits per heavy atom. The second kappa shape index (κ2) is 8.78. The summed E-state index contributed by atoms with van der Waals surface area (Å²) in [6.07, 6.45) is 2.52. The minimum Gasteiger partial charge on any atom is -0.470 e.